The second-order valence-corrected chi connectivity index (χ2v) is 4.04. The van der Waals surface area contributed by atoms with Crippen molar-refractivity contribution in [1.82, 2.24) is 19.9 Å². The van der Waals surface area contributed by atoms with Crippen LogP contribution in [0.4, 0.5) is 0 Å². The molecule has 0 saturated heterocycles. The van der Waals surface area contributed by atoms with E-state index in [2.05, 4.69) is 19.9 Å². The first-order valence-corrected chi connectivity index (χ1v) is 5.34. The summed E-state index contributed by atoms with van der Waals surface area (Å²) in [5, 5.41) is 8.57. The fourth-order valence-electron chi connectivity index (χ4n) is 1.12. The fraction of sp³-hybridized carbons (Fsp3) is 0.111. The molecule has 0 aliphatic rings. The van der Waals surface area contributed by atoms with Crippen molar-refractivity contribution >= 4 is 17.6 Å². The highest BCUT2D eigenvalue weighted by molar-refractivity contribution is 7.99. The van der Waals surface area contributed by atoms with Gasteiger partial charge in [-0.15, -0.1) is 0 Å². The molecule has 2 aromatic heterocycles. The summed E-state index contributed by atoms with van der Waals surface area (Å²) in [6, 6.07) is 1.68. The van der Waals surface area contributed by atoms with Crippen LogP contribution in [0.3, 0.4) is 0 Å². The molecule has 7 heteroatoms. The van der Waals surface area contributed by atoms with Crippen LogP contribution in [0.5, 0.6) is 0 Å². The molecule has 2 rings (SSSR count). The van der Waals surface area contributed by atoms with Crippen molar-refractivity contribution in [2.75, 3.05) is 0 Å². The molecular formula is C9H10N6S. The second kappa shape index (κ2) is 4.31. The number of nitrogen functional groups attached to an aromatic ring is 1. The Balaban J connectivity index is 2.31. The van der Waals surface area contributed by atoms with Crippen LogP contribution in [0, 0.1) is 12.3 Å². The zero-order valence-electron chi connectivity index (χ0n) is 8.56. The van der Waals surface area contributed by atoms with Gasteiger partial charge in [-0.05, 0) is 24.8 Å². The van der Waals surface area contributed by atoms with Gasteiger partial charge in [0.15, 0.2) is 10.3 Å². The highest BCUT2D eigenvalue weighted by Crippen LogP contribution is 2.20. The molecule has 16 heavy (non-hydrogen) atoms. The second-order valence-electron chi connectivity index (χ2n) is 3.09. The number of nitrogens with one attached hydrogen (secondary N) is 2. The van der Waals surface area contributed by atoms with E-state index in [0.717, 1.165) is 5.69 Å². The van der Waals surface area contributed by atoms with Gasteiger partial charge in [0.2, 0.25) is 0 Å². The van der Waals surface area contributed by atoms with Crippen molar-refractivity contribution in [3.63, 3.8) is 0 Å². The van der Waals surface area contributed by atoms with E-state index in [1.54, 1.807) is 18.5 Å². The van der Waals surface area contributed by atoms with Crippen molar-refractivity contribution in [3.05, 3.63) is 29.8 Å². The molecular weight excluding hydrogens is 224 g/mol. The number of imidazole rings is 1. The zero-order valence-corrected chi connectivity index (χ0v) is 9.38. The van der Waals surface area contributed by atoms with Gasteiger partial charge in [0.05, 0.1) is 0 Å². The van der Waals surface area contributed by atoms with Crippen LogP contribution in [-0.2, 0) is 0 Å². The maximum absolute atomic E-state index is 7.33. The van der Waals surface area contributed by atoms with Gasteiger partial charge in [0, 0.05) is 18.1 Å². The van der Waals surface area contributed by atoms with E-state index in [1.807, 2.05) is 6.92 Å². The van der Waals surface area contributed by atoms with Crippen molar-refractivity contribution in [1.29, 1.82) is 5.41 Å². The number of rotatable bonds is 3. The lowest BCUT2D eigenvalue weighted by Crippen LogP contribution is -2.14. The Hall–Kier alpha value is -1.89. The summed E-state index contributed by atoms with van der Waals surface area (Å²) < 4.78 is 0. The molecule has 0 atom stereocenters. The Bertz CT molecular complexity index is 507. The van der Waals surface area contributed by atoms with E-state index in [0.29, 0.717) is 16.0 Å². The number of hydrogen-bond donors (Lipinski definition) is 3. The first-order valence-electron chi connectivity index (χ1n) is 4.52. The summed E-state index contributed by atoms with van der Waals surface area (Å²) in [6.45, 7) is 1.83. The summed E-state index contributed by atoms with van der Waals surface area (Å²) in [5.41, 5.74) is 6.59. The number of hydrogen-bond acceptors (Lipinski definition) is 5. The zero-order chi connectivity index (χ0) is 11.5. The largest absolute Gasteiger partial charge is 0.382 e. The average Bonchev–Trinajstić information content (AvgIpc) is 2.69. The Morgan fingerprint density at radius 1 is 1.50 bits per heavy atom. The van der Waals surface area contributed by atoms with Crippen molar-refractivity contribution in [3.8, 4) is 0 Å². The molecule has 0 radical (unpaired) electrons. The summed E-state index contributed by atoms with van der Waals surface area (Å²) in [5.74, 6) is -0.0632. The molecule has 0 aliphatic carbocycles. The molecule has 6 nitrogen and oxygen atoms in total. The van der Waals surface area contributed by atoms with Gasteiger partial charge in [-0.2, -0.15) is 0 Å². The van der Waals surface area contributed by atoms with E-state index < -0.39 is 0 Å². The third kappa shape index (κ3) is 2.37. The molecule has 2 aromatic rings. The molecule has 0 saturated carbocycles. The normalized spacial score (nSPS) is 10.3. The predicted octanol–water partition coefficient (Wildman–Crippen LogP) is 0.943. The maximum Gasteiger partial charge on any atom is 0.196 e. The smallest absolute Gasteiger partial charge is 0.196 e. The monoisotopic (exact) mass is 234 g/mol. The third-order valence-electron chi connectivity index (χ3n) is 1.77. The van der Waals surface area contributed by atoms with Crippen molar-refractivity contribution in [2.45, 2.75) is 17.2 Å². The number of aromatic amines is 1. The van der Waals surface area contributed by atoms with Gasteiger partial charge < -0.3 is 10.7 Å². The molecule has 2 heterocycles. The van der Waals surface area contributed by atoms with Crippen LogP contribution in [0.15, 0.2) is 28.8 Å². The van der Waals surface area contributed by atoms with Gasteiger partial charge in [-0.1, -0.05) is 0 Å². The fourth-order valence-corrected chi connectivity index (χ4v) is 1.87. The van der Waals surface area contributed by atoms with E-state index in [-0.39, 0.29) is 5.84 Å². The maximum atomic E-state index is 7.33. The van der Waals surface area contributed by atoms with E-state index >= 15 is 0 Å². The van der Waals surface area contributed by atoms with Gasteiger partial charge in [0.1, 0.15) is 11.5 Å². The SMILES string of the molecule is Cc1cc(C(=N)N)nc(Sc2ncc[nH]2)n1. The van der Waals surface area contributed by atoms with Crippen LogP contribution in [0.2, 0.25) is 0 Å². The van der Waals surface area contributed by atoms with Gasteiger partial charge in [-0.25, -0.2) is 15.0 Å². The summed E-state index contributed by atoms with van der Waals surface area (Å²) in [6.07, 6.45) is 3.38. The average molecular weight is 234 g/mol. The molecule has 0 bridgehead atoms. The van der Waals surface area contributed by atoms with Crippen LogP contribution < -0.4 is 5.73 Å². The standard InChI is InChI=1S/C9H10N6S/c1-5-4-6(7(10)11)15-9(14-5)16-8-12-2-3-13-8/h2-4H,1H3,(H3,10,11)(H,12,13). The first-order chi connectivity index (χ1) is 7.65. The molecule has 0 unspecified atom stereocenters. The molecule has 0 fully saturated rings. The first kappa shape index (κ1) is 10.6. The van der Waals surface area contributed by atoms with Crippen molar-refractivity contribution < 1.29 is 0 Å². The van der Waals surface area contributed by atoms with Crippen LogP contribution in [0.25, 0.3) is 0 Å². The van der Waals surface area contributed by atoms with E-state index in [4.69, 9.17) is 11.1 Å². The summed E-state index contributed by atoms with van der Waals surface area (Å²) in [7, 11) is 0. The topological polar surface area (TPSA) is 104 Å². The molecule has 0 aliphatic heterocycles. The highest BCUT2D eigenvalue weighted by Gasteiger charge is 2.07. The number of aryl methyl sites for hydroxylation is 1. The number of nitrogens with two attached hydrogens (primary N) is 1. The van der Waals surface area contributed by atoms with Crippen LogP contribution >= 0.6 is 11.8 Å². The quantitative estimate of drug-likeness (QED) is 0.416. The lowest BCUT2D eigenvalue weighted by Gasteiger charge is -2.02. The molecule has 0 amide bonds. The lowest BCUT2D eigenvalue weighted by atomic mass is 10.3. The Kier molecular flexibility index (Phi) is 2.86. The summed E-state index contributed by atoms with van der Waals surface area (Å²) >= 11 is 1.30. The minimum Gasteiger partial charge on any atom is -0.382 e. The molecule has 4 N–H and O–H groups in total. The van der Waals surface area contributed by atoms with Crippen LogP contribution in [-0.4, -0.2) is 25.8 Å². The van der Waals surface area contributed by atoms with E-state index in [9.17, 15) is 0 Å². The van der Waals surface area contributed by atoms with Gasteiger partial charge in [-0.3, -0.25) is 5.41 Å². The van der Waals surface area contributed by atoms with E-state index in [1.165, 1.54) is 11.8 Å². The molecule has 0 spiro atoms. The number of amidine groups is 1. The van der Waals surface area contributed by atoms with Gasteiger partial charge >= 0.3 is 0 Å². The third-order valence-corrected chi connectivity index (χ3v) is 2.55. The molecule has 82 valence electrons. The summed E-state index contributed by atoms with van der Waals surface area (Å²) in [4.78, 5) is 15.4. The Morgan fingerprint density at radius 2 is 2.31 bits per heavy atom. The van der Waals surface area contributed by atoms with Crippen molar-refractivity contribution in [2.24, 2.45) is 5.73 Å². The molecule has 0 aromatic carbocycles. The van der Waals surface area contributed by atoms with Crippen LogP contribution in [0.1, 0.15) is 11.4 Å². The highest BCUT2D eigenvalue weighted by atomic mass is 32.2. The van der Waals surface area contributed by atoms with Gasteiger partial charge in [0.25, 0.3) is 0 Å². The predicted molar refractivity (Wildman–Crippen MR) is 60.5 cm³/mol. The number of nitrogens with zero attached hydrogens (tertiary/aromatic N) is 3. The Labute approximate surface area is 96.2 Å². The lowest BCUT2D eigenvalue weighted by molar-refractivity contribution is 0.912. The minimum absolute atomic E-state index is 0.0632. The number of H-pyrrole nitrogens is 1. The minimum atomic E-state index is -0.0632. The number of aromatic nitrogens is 4. The Morgan fingerprint density at radius 3 is 2.94 bits per heavy atom.